The van der Waals surface area contributed by atoms with Crippen LogP contribution in [0.2, 0.25) is 5.02 Å². The molecule has 0 spiro atoms. The molecule has 0 N–H and O–H groups in total. The fourth-order valence-corrected chi connectivity index (χ4v) is 3.07. The molecular formula is C12H15ClIN. The monoisotopic (exact) mass is 335 g/mol. The van der Waals surface area contributed by atoms with E-state index in [9.17, 15) is 0 Å². The van der Waals surface area contributed by atoms with Gasteiger partial charge in [-0.15, -0.1) is 0 Å². The molecule has 1 fully saturated rings. The molecule has 1 saturated heterocycles. The van der Waals surface area contributed by atoms with E-state index in [0.29, 0.717) is 0 Å². The molecule has 1 aliphatic rings. The zero-order chi connectivity index (χ0) is 10.8. The smallest absolute Gasteiger partial charge is 0.0650 e. The molecule has 2 rings (SSSR count). The molecule has 0 unspecified atom stereocenters. The fourth-order valence-electron chi connectivity index (χ4n) is 2.10. The lowest BCUT2D eigenvalue weighted by Gasteiger charge is -2.41. The van der Waals surface area contributed by atoms with Gasteiger partial charge in [-0.25, -0.2) is 0 Å². The van der Waals surface area contributed by atoms with Crippen LogP contribution >= 0.6 is 34.2 Å². The average Bonchev–Trinajstić information content (AvgIpc) is 2.12. The summed E-state index contributed by atoms with van der Waals surface area (Å²) in [6, 6.07) is 6.28. The normalized spacial score (nSPS) is 16.6. The number of halogens is 2. The first kappa shape index (κ1) is 11.5. The van der Waals surface area contributed by atoms with Gasteiger partial charge in [0, 0.05) is 16.7 Å². The van der Waals surface area contributed by atoms with Gasteiger partial charge in [0.2, 0.25) is 0 Å². The molecule has 1 heterocycles. The van der Waals surface area contributed by atoms with E-state index in [1.54, 1.807) is 0 Å². The molecule has 1 aromatic rings. The Morgan fingerprint density at radius 3 is 2.80 bits per heavy atom. The highest BCUT2D eigenvalue weighted by molar-refractivity contribution is 14.1. The second kappa shape index (κ2) is 4.91. The molecule has 0 bridgehead atoms. The Hall–Kier alpha value is 0.0400. The minimum atomic E-state index is 0.880. The summed E-state index contributed by atoms with van der Waals surface area (Å²) < 4.78 is 1.20. The first-order chi connectivity index (χ1) is 7.20. The number of rotatable bonds is 3. The summed E-state index contributed by atoms with van der Waals surface area (Å²) in [4.78, 5) is 2.37. The maximum absolute atomic E-state index is 6.22. The highest BCUT2D eigenvalue weighted by atomic mass is 127. The molecule has 3 heteroatoms. The first-order valence-electron chi connectivity index (χ1n) is 5.40. The van der Waals surface area contributed by atoms with Crippen molar-refractivity contribution in [1.29, 1.82) is 0 Å². The molecule has 0 saturated carbocycles. The predicted molar refractivity (Wildman–Crippen MR) is 74.8 cm³/mol. The standard InChI is InChI=1S/C12H15ClIN/c1-2-3-9-7-15(8-9)12-5-4-10(14)6-11(12)13/h4-6,9H,2-3,7-8H2,1H3. The summed E-state index contributed by atoms with van der Waals surface area (Å²) in [6.45, 7) is 4.60. The number of hydrogen-bond donors (Lipinski definition) is 0. The Bertz CT molecular complexity index is 347. The van der Waals surface area contributed by atoms with Gasteiger partial charge in [-0.05, 0) is 53.1 Å². The second-order valence-corrected chi connectivity index (χ2v) is 5.81. The van der Waals surface area contributed by atoms with Crippen LogP contribution in [-0.2, 0) is 0 Å². The van der Waals surface area contributed by atoms with Crippen LogP contribution in [0.1, 0.15) is 19.8 Å². The third-order valence-corrected chi connectivity index (χ3v) is 3.88. The van der Waals surface area contributed by atoms with Crippen LogP contribution in [0, 0.1) is 9.49 Å². The third kappa shape index (κ3) is 2.59. The van der Waals surface area contributed by atoms with E-state index in [1.165, 1.54) is 35.2 Å². The van der Waals surface area contributed by atoms with E-state index in [0.717, 1.165) is 10.9 Å². The van der Waals surface area contributed by atoms with Crippen LogP contribution < -0.4 is 4.90 Å². The summed E-state index contributed by atoms with van der Waals surface area (Å²) in [5, 5.41) is 0.886. The predicted octanol–water partition coefficient (Wildman–Crippen LogP) is 4.18. The van der Waals surface area contributed by atoms with Crippen LogP contribution in [0.5, 0.6) is 0 Å². The molecule has 1 aromatic carbocycles. The van der Waals surface area contributed by atoms with Crippen LogP contribution in [0.15, 0.2) is 18.2 Å². The maximum Gasteiger partial charge on any atom is 0.0650 e. The highest BCUT2D eigenvalue weighted by Crippen LogP contribution is 2.33. The third-order valence-electron chi connectivity index (χ3n) is 2.90. The van der Waals surface area contributed by atoms with Crippen molar-refractivity contribution in [3.05, 3.63) is 26.8 Å². The summed E-state index contributed by atoms with van der Waals surface area (Å²) >= 11 is 8.51. The van der Waals surface area contributed by atoms with Gasteiger partial charge in [-0.3, -0.25) is 0 Å². The van der Waals surface area contributed by atoms with Crippen LogP contribution in [-0.4, -0.2) is 13.1 Å². The van der Waals surface area contributed by atoms with Crippen LogP contribution in [0.3, 0.4) is 0 Å². The summed E-state index contributed by atoms with van der Waals surface area (Å²) in [7, 11) is 0. The van der Waals surface area contributed by atoms with Gasteiger partial charge in [-0.1, -0.05) is 24.9 Å². The van der Waals surface area contributed by atoms with Crippen LogP contribution in [0.4, 0.5) is 5.69 Å². The maximum atomic E-state index is 6.22. The molecule has 0 aliphatic carbocycles. The fraction of sp³-hybridized carbons (Fsp3) is 0.500. The molecule has 82 valence electrons. The first-order valence-corrected chi connectivity index (χ1v) is 6.86. The molecule has 0 radical (unpaired) electrons. The van der Waals surface area contributed by atoms with E-state index < -0.39 is 0 Å². The lowest BCUT2D eigenvalue weighted by molar-refractivity contribution is 0.381. The minimum absolute atomic E-state index is 0.880. The van der Waals surface area contributed by atoms with Crippen molar-refractivity contribution in [2.45, 2.75) is 19.8 Å². The summed E-state index contributed by atoms with van der Waals surface area (Å²) in [6.07, 6.45) is 2.64. The summed E-state index contributed by atoms with van der Waals surface area (Å²) in [5.41, 5.74) is 1.20. The number of anilines is 1. The zero-order valence-electron chi connectivity index (χ0n) is 8.84. The van der Waals surface area contributed by atoms with E-state index in [1.807, 2.05) is 6.07 Å². The van der Waals surface area contributed by atoms with Crippen molar-refractivity contribution >= 4 is 39.9 Å². The number of hydrogen-bond acceptors (Lipinski definition) is 1. The second-order valence-electron chi connectivity index (χ2n) is 4.16. The van der Waals surface area contributed by atoms with Crippen molar-refractivity contribution in [3.63, 3.8) is 0 Å². The Kier molecular flexibility index (Phi) is 3.78. The lowest BCUT2D eigenvalue weighted by Crippen LogP contribution is -2.46. The molecule has 0 atom stereocenters. The van der Waals surface area contributed by atoms with Gasteiger partial charge in [0.15, 0.2) is 0 Å². The molecule has 0 aromatic heterocycles. The lowest BCUT2D eigenvalue weighted by atomic mass is 9.94. The van der Waals surface area contributed by atoms with Crippen molar-refractivity contribution in [2.75, 3.05) is 18.0 Å². The van der Waals surface area contributed by atoms with Crippen LogP contribution in [0.25, 0.3) is 0 Å². The molecule has 1 nitrogen and oxygen atoms in total. The zero-order valence-corrected chi connectivity index (χ0v) is 11.8. The minimum Gasteiger partial charge on any atom is -0.370 e. The largest absolute Gasteiger partial charge is 0.370 e. The van der Waals surface area contributed by atoms with Gasteiger partial charge in [0.25, 0.3) is 0 Å². The van der Waals surface area contributed by atoms with Gasteiger partial charge in [0.1, 0.15) is 0 Å². The molecular weight excluding hydrogens is 320 g/mol. The molecule has 15 heavy (non-hydrogen) atoms. The SMILES string of the molecule is CCCC1CN(c2ccc(I)cc2Cl)C1. The van der Waals surface area contributed by atoms with Crippen molar-refractivity contribution in [1.82, 2.24) is 0 Å². The Balaban J connectivity index is 2.01. The van der Waals surface area contributed by atoms with Gasteiger partial charge < -0.3 is 4.90 Å². The van der Waals surface area contributed by atoms with Gasteiger partial charge >= 0.3 is 0 Å². The Labute approximate surface area is 110 Å². The van der Waals surface area contributed by atoms with E-state index in [-0.39, 0.29) is 0 Å². The Morgan fingerprint density at radius 1 is 1.47 bits per heavy atom. The van der Waals surface area contributed by atoms with Crippen molar-refractivity contribution in [3.8, 4) is 0 Å². The highest BCUT2D eigenvalue weighted by Gasteiger charge is 2.27. The summed E-state index contributed by atoms with van der Waals surface area (Å²) in [5.74, 6) is 0.880. The quantitative estimate of drug-likeness (QED) is 0.749. The van der Waals surface area contributed by atoms with Crippen molar-refractivity contribution < 1.29 is 0 Å². The number of benzene rings is 1. The van der Waals surface area contributed by atoms with E-state index in [2.05, 4.69) is 46.5 Å². The van der Waals surface area contributed by atoms with E-state index in [4.69, 9.17) is 11.6 Å². The van der Waals surface area contributed by atoms with Gasteiger partial charge in [-0.2, -0.15) is 0 Å². The average molecular weight is 336 g/mol. The molecule has 0 amide bonds. The molecule has 1 aliphatic heterocycles. The topological polar surface area (TPSA) is 3.24 Å². The van der Waals surface area contributed by atoms with Crippen molar-refractivity contribution in [2.24, 2.45) is 5.92 Å². The Morgan fingerprint density at radius 2 is 2.20 bits per heavy atom. The number of nitrogens with zero attached hydrogens (tertiary/aromatic N) is 1. The van der Waals surface area contributed by atoms with E-state index >= 15 is 0 Å². The van der Waals surface area contributed by atoms with Gasteiger partial charge in [0.05, 0.1) is 10.7 Å².